The summed E-state index contributed by atoms with van der Waals surface area (Å²) in [6, 6.07) is 0. The first-order valence-corrected chi connectivity index (χ1v) is 2.58. The van der Waals surface area contributed by atoms with Crippen molar-refractivity contribution in [2.24, 2.45) is 0 Å². The Bertz CT molecular complexity index is 44.7. The van der Waals surface area contributed by atoms with E-state index in [1.807, 2.05) is 26.0 Å². The van der Waals surface area contributed by atoms with Gasteiger partial charge in [0.25, 0.3) is 0 Å². The molecule has 4 nitrogen and oxygen atoms in total. The number of rotatable bonds is 1. The van der Waals surface area contributed by atoms with E-state index in [-0.39, 0.29) is 0 Å². The molecule has 0 aromatic heterocycles. The summed E-state index contributed by atoms with van der Waals surface area (Å²) in [4.78, 5) is 2.00. The molecule has 0 saturated carbocycles. The molecule has 0 atom stereocenters. The van der Waals surface area contributed by atoms with Gasteiger partial charge in [-0.25, -0.2) is 0 Å². The van der Waals surface area contributed by atoms with Crippen LogP contribution >= 0.6 is 0 Å². The third-order valence-electron chi connectivity index (χ3n) is 0.163. The molecule has 0 bridgehead atoms. The molecular formula is C5H15NO3. The van der Waals surface area contributed by atoms with E-state index in [1.165, 1.54) is 0 Å². The molecule has 9 heavy (non-hydrogen) atoms. The van der Waals surface area contributed by atoms with Gasteiger partial charge in [0, 0.05) is 0 Å². The number of hydrogen-bond acceptors (Lipinski definition) is 4. The zero-order valence-electron chi connectivity index (χ0n) is 6.07. The molecule has 0 rings (SSSR count). The quantitative estimate of drug-likeness (QED) is 0.384. The van der Waals surface area contributed by atoms with Crippen molar-refractivity contribution in [3.8, 4) is 0 Å². The maximum absolute atomic E-state index is 7.67. The van der Waals surface area contributed by atoms with E-state index in [1.54, 1.807) is 0 Å². The molecule has 0 aliphatic rings. The van der Waals surface area contributed by atoms with E-state index in [9.17, 15) is 0 Å². The van der Waals surface area contributed by atoms with Crippen molar-refractivity contribution in [3.05, 3.63) is 0 Å². The molecule has 0 amide bonds. The van der Waals surface area contributed by atoms with Gasteiger partial charge in [-0.2, -0.15) is 0 Å². The second-order valence-corrected chi connectivity index (χ2v) is 2.00. The summed E-state index contributed by atoms with van der Waals surface area (Å²) in [6.45, 7) is -0.583. The molecule has 0 aromatic rings. The van der Waals surface area contributed by atoms with Crippen molar-refractivity contribution in [3.63, 3.8) is 0 Å². The standard InChI is InChI=1S/C3H9N.C2H6O3/c1-4(2)3;3-1-2(4)5/h1-3H3;2-5H,1H2. The highest BCUT2D eigenvalue weighted by molar-refractivity contribution is 4.20. The molecule has 4 heteroatoms. The number of hydrogen-bond donors (Lipinski definition) is 3. The van der Waals surface area contributed by atoms with Crippen LogP contribution < -0.4 is 0 Å². The van der Waals surface area contributed by atoms with Crippen LogP contribution in [0.4, 0.5) is 0 Å². The van der Waals surface area contributed by atoms with Gasteiger partial charge >= 0.3 is 0 Å². The van der Waals surface area contributed by atoms with Crippen molar-refractivity contribution in [2.75, 3.05) is 27.7 Å². The van der Waals surface area contributed by atoms with Crippen LogP contribution in [-0.4, -0.2) is 54.3 Å². The van der Waals surface area contributed by atoms with Crippen LogP contribution in [0.1, 0.15) is 0 Å². The Hall–Kier alpha value is -0.160. The SMILES string of the molecule is CN(C)C.OCC(O)O. The molecule has 0 aliphatic carbocycles. The first kappa shape index (κ1) is 11.6. The van der Waals surface area contributed by atoms with Crippen molar-refractivity contribution >= 4 is 0 Å². The smallest absolute Gasteiger partial charge is 0.175 e. The van der Waals surface area contributed by atoms with Crippen LogP contribution in [0, 0.1) is 0 Å². The molecule has 3 N–H and O–H groups in total. The fourth-order valence-corrected chi connectivity index (χ4v) is 0. The summed E-state index contributed by atoms with van der Waals surface area (Å²) in [5, 5.41) is 23.0. The Labute approximate surface area is 55.3 Å². The van der Waals surface area contributed by atoms with Crippen molar-refractivity contribution in [1.82, 2.24) is 4.90 Å². The summed E-state index contributed by atoms with van der Waals surface area (Å²) in [5.74, 6) is 0. The van der Waals surface area contributed by atoms with Crippen molar-refractivity contribution in [1.29, 1.82) is 0 Å². The van der Waals surface area contributed by atoms with Gasteiger partial charge in [0.05, 0.1) is 6.61 Å². The highest BCUT2D eigenvalue weighted by Gasteiger charge is 1.85. The fraction of sp³-hybridized carbons (Fsp3) is 1.00. The molecule has 0 fully saturated rings. The van der Waals surface area contributed by atoms with Crippen LogP contribution in [0.5, 0.6) is 0 Å². The molecule has 0 saturated heterocycles. The Morgan fingerprint density at radius 3 is 1.33 bits per heavy atom. The van der Waals surface area contributed by atoms with E-state index in [0.29, 0.717) is 0 Å². The van der Waals surface area contributed by atoms with Gasteiger partial charge in [-0.05, 0) is 21.1 Å². The molecule has 58 valence electrons. The molecule has 0 aromatic carbocycles. The number of nitrogens with zero attached hydrogens (tertiary/aromatic N) is 1. The van der Waals surface area contributed by atoms with Crippen LogP contribution in [0.15, 0.2) is 0 Å². The summed E-state index contributed by atoms with van der Waals surface area (Å²) in [6.07, 6.45) is -1.56. The minimum absolute atomic E-state index is 0.583. The van der Waals surface area contributed by atoms with Gasteiger partial charge in [0.15, 0.2) is 6.29 Å². The zero-order valence-corrected chi connectivity index (χ0v) is 6.07. The summed E-state index contributed by atoms with van der Waals surface area (Å²) >= 11 is 0. The summed E-state index contributed by atoms with van der Waals surface area (Å²) < 4.78 is 0. The fourth-order valence-electron chi connectivity index (χ4n) is 0. The van der Waals surface area contributed by atoms with Crippen LogP contribution in [0.25, 0.3) is 0 Å². The van der Waals surface area contributed by atoms with Gasteiger partial charge in [0.1, 0.15) is 0 Å². The van der Waals surface area contributed by atoms with Gasteiger partial charge in [0.2, 0.25) is 0 Å². The minimum Gasteiger partial charge on any atom is -0.391 e. The second kappa shape index (κ2) is 7.84. The average Bonchev–Trinajstić information content (AvgIpc) is 1.65. The largest absolute Gasteiger partial charge is 0.391 e. The van der Waals surface area contributed by atoms with Crippen LogP contribution in [-0.2, 0) is 0 Å². The molecule has 0 aliphatic heterocycles. The minimum atomic E-state index is -1.56. The van der Waals surface area contributed by atoms with E-state index in [4.69, 9.17) is 15.3 Å². The Balaban J connectivity index is 0. The van der Waals surface area contributed by atoms with E-state index in [2.05, 4.69) is 0 Å². The summed E-state index contributed by atoms with van der Waals surface area (Å²) in [5.41, 5.74) is 0. The van der Waals surface area contributed by atoms with E-state index in [0.717, 1.165) is 0 Å². The molecule has 0 heterocycles. The summed E-state index contributed by atoms with van der Waals surface area (Å²) in [7, 11) is 6.00. The lowest BCUT2D eigenvalue weighted by molar-refractivity contribution is -0.0747. The van der Waals surface area contributed by atoms with E-state index < -0.39 is 12.9 Å². The van der Waals surface area contributed by atoms with Crippen molar-refractivity contribution in [2.45, 2.75) is 6.29 Å². The van der Waals surface area contributed by atoms with E-state index >= 15 is 0 Å². The molecule has 0 unspecified atom stereocenters. The Morgan fingerprint density at radius 2 is 1.33 bits per heavy atom. The number of aliphatic hydroxyl groups excluding tert-OH is 2. The number of aliphatic hydroxyl groups is 3. The lowest BCUT2D eigenvalue weighted by atomic mass is 10.7. The lowest BCUT2D eigenvalue weighted by Crippen LogP contribution is -2.08. The highest BCUT2D eigenvalue weighted by atomic mass is 16.5. The Kier molecular flexibility index (Phi) is 10.1. The maximum Gasteiger partial charge on any atom is 0.175 e. The van der Waals surface area contributed by atoms with Crippen LogP contribution in [0.2, 0.25) is 0 Å². The normalized spacial score (nSPS) is 9.33. The van der Waals surface area contributed by atoms with Gasteiger partial charge in [-0.1, -0.05) is 0 Å². The monoisotopic (exact) mass is 137 g/mol. The van der Waals surface area contributed by atoms with Gasteiger partial charge in [-0.15, -0.1) is 0 Å². The topological polar surface area (TPSA) is 63.9 Å². The third kappa shape index (κ3) is 79.0. The van der Waals surface area contributed by atoms with Crippen LogP contribution in [0.3, 0.4) is 0 Å². The lowest BCUT2D eigenvalue weighted by Gasteiger charge is -1.90. The zero-order chi connectivity index (χ0) is 7.86. The van der Waals surface area contributed by atoms with Gasteiger partial charge in [-0.3, -0.25) is 0 Å². The highest BCUT2D eigenvalue weighted by Crippen LogP contribution is 1.62. The maximum atomic E-state index is 7.67. The average molecular weight is 137 g/mol. The Morgan fingerprint density at radius 1 is 1.22 bits per heavy atom. The first-order chi connectivity index (χ1) is 4.00. The molecule has 0 radical (unpaired) electrons. The molecule has 0 spiro atoms. The third-order valence-corrected chi connectivity index (χ3v) is 0.163. The van der Waals surface area contributed by atoms with Gasteiger partial charge < -0.3 is 20.2 Å². The predicted octanol–water partition coefficient (Wildman–Crippen LogP) is -1.53. The second-order valence-electron chi connectivity index (χ2n) is 2.00. The molecular weight excluding hydrogens is 122 g/mol. The van der Waals surface area contributed by atoms with Crippen molar-refractivity contribution < 1.29 is 15.3 Å². The predicted molar refractivity (Wildman–Crippen MR) is 34.9 cm³/mol. The first-order valence-electron chi connectivity index (χ1n) is 2.58.